The van der Waals surface area contributed by atoms with Crippen molar-refractivity contribution in [3.8, 4) is 0 Å². The highest BCUT2D eigenvalue weighted by Crippen LogP contribution is 2.36. The molecule has 5 rings (SSSR count). The molecule has 0 aliphatic carbocycles. The number of carboxylic acid groups (broad SMARTS) is 1. The van der Waals surface area contributed by atoms with Crippen molar-refractivity contribution in [2.75, 3.05) is 79.8 Å². The van der Waals surface area contributed by atoms with Crippen molar-refractivity contribution in [2.24, 2.45) is 29.6 Å². The smallest absolute Gasteiger partial charge is 0.333 e. The van der Waals surface area contributed by atoms with E-state index in [2.05, 4.69) is 0 Å². The molecule has 0 amide bonds. The summed E-state index contributed by atoms with van der Waals surface area (Å²) in [7, 11) is 1.45. The molecule has 398 valence electrons. The predicted octanol–water partition coefficient (Wildman–Crippen LogP) is -5.47. The normalized spacial score (nSPS) is 45.9. The van der Waals surface area contributed by atoms with Crippen LogP contribution < -0.4 is 0 Å². The Hall–Kier alpha value is -1.41. The topological polar surface area (TPSA) is 372 Å². The van der Waals surface area contributed by atoms with Crippen LogP contribution in [0.5, 0.6) is 0 Å². The second-order valence-corrected chi connectivity index (χ2v) is 18.9. The molecule has 25 atom stereocenters. The molecule has 5 fully saturated rings. The third-order valence-corrected chi connectivity index (χ3v) is 14.5. The Morgan fingerprint density at radius 1 is 0.426 bits per heavy atom. The van der Waals surface area contributed by atoms with Gasteiger partial charge in [-0.1, -0.05) is 6.92 Å². The Morgan fingerprint density at radius 3 is 1.47 bits per heavy atom. The summed E-state index contributed by atoms with van der Waals surface area (Å²) in [6.07, 6.45) is -22.4. The Balaban J connectivity index is 1.20. The first kappa shape index (κ1) is 57.5. The number of hydrogen-bond acceptors (Lipinski definition) is 23. The maximum Gasteiger partial charge on any atom is 0.333 e. The van der Waals surface area contributed by atoms with Gasteiger partial charge >= 0.3 is 5.97 Å². The summed E-state index contributed by atoms with van der Waals surface area (Å²) in [5.41, 5.74) is 0. The number of aliphatic hydroxyl groups is 12. The number of carboxylic acids is 1. The van der Waals surface area contributed by atoms with Crippen LogP contribution in [0.2, 0.25) is 0 Å². The Morgan fingerprint density at radius 2 is 0.897 bits per heavy atom. The van der Waals surface area contributed by atoms with Crippen LogP contribution in [-0.4, -0.2) is 274 Å². The first-order valence-corrected chi connectivity index (χ1v) is 23.7. The van der Waals surface area contributed by atoms with Gasteiger partial charge in [0, 0.05) is 44.0 Å². The monoisotopic (exact) mass is 990 g/mol. The maximum atomic E-state index is 12.4. The van der Waals surface area contributed by atoms with Gasteiger partial charge in [0.05, 0.1) is 114 Å². The SMILES string of the molecule is CCC1C(O)[C@H](COC[C@@H]2C(C(=O)O)O[C@@H](COC[C@@H]3C(CO)O[C@@H](COC[C@H]4C(C)O[C@@H](COC)C(O)C4O)C(O)C3CCOCC[C@@H]3OC(C)[C@H](O)C(O)C3O)C(O)C2O)OC(CO)[C@H]1O. The van der Waals surface area contributed by atoms with Gasteiger partial charge in [-0.15, -0.1) is 0 Å². The Labute approximate surface area is 395 Å². The van der Waals surface area contributed by atoms with Crippen molar-refractivity contribution in [1.82, 2.24) is 0 Å². The molecule has 5 aliphatic rings. The molecular weight excluding hydrogens is 912 g/mol. The molecule has 15 unspecified atom stereocenters. The number of carbonyl (C=O) groups is 1. The van der Waals surface area contributed by atoms with Gasteiger partial charge in [0.2, 0.25) is 0 Å². The van der Waals surface area contributed by atoms with Crippen molar-refractivity contribution in [3.63, 3.8) is 0 Å². The Kier molecular flexibility index (Phi) is 22.9. The van der Waals surface area contributed by atoms with E-state index in [1.165, 1.54) is 7.11 Å². The van der Waals surface area contributed by atoms with Crippen LogP contribution in [0.1, 0.15) is 40.0 Å². The van der Waals surface area contributed by atoms with E-state index in [1.807, 2.05) is 0 Å². The van der Waals surface area contributed by atoms with Crippen LogP contribution in [0.3, 0.4) is 0 Å². The zero-order valence-corrected chi connectivity index (χ0v) is 39.1. The van der Waals surface area contributed by atoms with Crippen LogP contribution in [0.25, 0.3) is 0 Å². The molecule has 0 saturated carbocycles. The van der Waals surface area contributed by atoms with E-state index in [9.17, 15) is 71.2 Å². The number of aliphatic carboxylic acids is 1. The maximum absolute atomic E-state index is 12.4. The largest absolute Gasteiger partial charge is 0.479 e. The lowest BCUT2D eigenvalue weighted by atomic mass is 9.77. The summed E-state index contributed by atoms with van der Waals surface area (Å²) < 4.78 is 57.6. The average Bonchev–Trinajstić information content (AvgIpc) is 3.31. The standard InChI is InChI=1S/C44H78O24/c1-5-21-34(48)28(11-46)67-30(35(21)49)16-63-14-25-38(52)41(55)32(68-43(25)44(57)58)18-62-13-24-22(6-8-60-9-7-26-39(53)42(56)33(47)20(3)65-26)36(50)31(66-27(24)10-45)17-61-12-23-19(2)64-29(15-59-4)40(54)37(23)51/h19-43,45-56H,5-18H2,1-4H3,(H,57,58)/t19?,20?,21?,22?,23-,24-,25-,26-,27?,28?,29-,30-,31-,32-,33-,34-,35?,36?,37?,38?,39?,40?,41?,42?,43?/m0/s1. The number of hydrogen-bond donors (Lipinski definition) is 13. The first-order valence-electron chi connectivity index (χ1n) is 23.7. The van der Waals surface area contributed by atoms with Gasteiger partial charge in [-0.25, -0.2) is 4.79 Å². The number of aliphatic hydroxyl groups excluding tert-OH is 12. The van der Waals surface area contributed by atoms with E-state index in [4.69, 9.17) is 47.4 Å². The summed E-state index contributed by atoms with van der Waals surface area (Å²) in [6, 6.07) is 0. The van der Waals surface area contributed by atoms with Gasteiger partial charge in [-0.05, 0) is 39.0 Å². The van der Waals surface area contributed by atoms with Crippen molar-refractivity contribution in [3.05, 3.63) is 0 Å². The highest BCUT2D eigenvalue weighted by Gasteiger charge is 2.50. The summed E-state index contributed by atoms with van der Waals surface area (Å²) in [5.74, 6) is -5.46. The molecule has 5 heterocycles. The third kappa shape index (κ3) is 13.8. The summed E-state index contributed by atoms with van der Waals surface area (Å²) in [6.45, 7) is 2.53. The molecule has 0 aromatic rings. The van der Waals surface area contributed by atoms with Gasteiger partial charge in [-0.2, -0.15) is 0 Å². The second-order valence-electron chi connectivity index (χ2n) is 18.9. The molecule has 0 aromatic heterocycles. The number of rotatable bonds is 24. The lowest BCUT2D eigenvalue weighted by Gasteiger charge is -2.46. The van der Waals surface area contributed by atoms with E-state index in [1.54, 1.807) is 20.8 Å². The van der Waals surface area contributed by atoms with E-state index >= 15 is 0 Å². The first-order chi connectivity index (χ1) is 32.4. The molecule has 68 heavy (non-hydrogen) atoms. The quantitative estimate of drug-likeness (QED) is 0.0401. The molecule has 13 N–H and O–H groups in total. The molecule has 0 aromatic carbocycles. The fourth-order valence-electron chi connectivity index (χ4n) is 10.2. The van der Waals surface area contributed by atoms with Crippen molar-refractivity contribution < 1.29 is 119 Å². The van der Waals surface area contributed by atoms with Crippen LogP contribution in [0, 0.1) is 29.6 Å². The highest BCUT2D eigenvalue weighted by molar-refractivity contribution is 5.73. The van der Waals surface area contributed by atoms with Crippen molar-refractivity contribution >= 4 is 5.97 Å². The third-order valence-electron chi connectivity index (χ3n) is 14.5. The van der Waals surface area contributed by atoms with Crippen LogP contribution in [0.4, 0.5) is 0 Å². The van der Waals surface area contributed by atoms with E-state index in [0.717, 1.165) is 0 Å². The molecule has 5 aliphatic heterocycles. The molecule has 0 bridgehead atoms. The molecular formula is C44H78O24. The summed E-state index contributed by atoms with van der Waals surface area (Å²) in [5, 5.41) is 138. The minimum atomic E-state index is -1.68. The zero-order valence-electron chi connectivity index (χ0n) is 39.1. The van der Waals surface area contributed by atoms with Gasteiger partial charge in [0.25, 0.3) is 0 Å². The molecule has 24 nitrogen and oxygen atoms in total. The second kappa shape index (κ2) is 27.0. The van der Waals surface area contributed by atoms with Gasteiger partial charge in [-0.3, -0.25) is 0 Å². The van der Waals surface area contributed by atoms with E-state index in [-0.39, 0.29) is 59.1 Å². The number of methoxy groups -OCH3 is 1. The average molecular weight is 991 g/mol. The van der Waals surface area contributed by atoms with Crippen molar-refractivity contribution in [2.45, 2.75) is 162 Å². The molecule has 0 spiro atoms. The highest BCUT2D eigenvalue weighted by atomic mass is 16.6. The lowest BCUT2D eigenvalue weighted by molar-refractivity contribution is -0.243. The van der Waals surface area contributed by atoms with E-state index < -0.39 is 184 Å². The minimum absolute atomic E-state index is 0.0481. The Bertz CT molecular complexity index is 1470. The van der Waals surface area contributed by atoms with Gasteiger partial charge < -0.3 is 114 Å². The van der Waals surface area contributed by atoms with Crippen molar-refractivity contribution in [1.29, 1.82) is 0 Å². The molecule has 24 heteroatoms. The molecule has 5 saturated heterocycles. The summed E-state index contributed by atoms with van der Waals surface area (Å²) >= 11 is 0. The van der Waals surface area contributed by atoms with Crippen LogP contribution >= 0.6 is 0 Å². The van der Waals surface area contributed by atoms with E-state index in [0.29, 0.717) is 6.42 Å². The van der Waals surface area contributed by atoms with Crippen LogP contribution in [-0.2, 0) is 52.2 Å². The number of ether oxygens (including phenoxy) is 10. The predicted molar refractivity (Wildman–Crippen MR) is 229 cm³/mol. The van der Waals surface area contributed by atoms with Gasteiger partial charge in [0.15, 0.2) is 6.10 Å². The van der Waals surface area contributed by atoms with Crippen LogP contribution in [0.15, 0.2) is 0 Å². The fraction of sp³-hybridized carbons (Fsp3) is 0.977. The fourth-order valence-corrected chi connectivity index (χ4v) is 10.2. The molecule has 0 radical (unpaired) electrons. The lowest BCUT2D eigenvalue weighted by Crippen LogP contribution is -2.60. The summed E-state index contributed by atoms with van der Waals surface area (Å²) in [4.78, 5) is 12.4. The zero-order chi connectivity index (χ0) is 50.0. The van der Waals surface area contributed by atoms with Gasteiger partial charge in [0.1, 0.15) is 61.0 Å². The minimum Gasteiger partial charge on any atom is -0.479 e.